The first-order valence-corrected chi connectivity index (χ1v) is 8.89. The van der Waals surface area contributed by atoms with Crippen LogP contribution in [0.1, 0.15) is 16.1 Å². The lowest BCUT2D eigenvalue weighted by molar-refractivity contribution is 0.0954. The highest BCUT2D eigenvalue weighted by atomic mass is 35.5. The Balaban J connectivity index is 0.00000280. The Morgan fingerprint density at radius 3 is 2.61 bits per heavy atom. The van der Waals surface area contributed by atoms with Crippen molar-refractivity contribution in [3.05, 3.63) is 60.0 Å². The SMILES string of the molecule is COCCNCCNC(=O)c1cn(-c2ccccc2)nc1-c1ccc(C)o1.Cl. The Bertz CT molecular complexity index is 877. The second kappa shape index (κ2) is 10.7. The number of methoxy groups -OCH3 is 1. The smallest absolute Gasteiger partial charge is 0.255 e. The summed E-state index contributed by atoms with van der Waals surface area (Å²) in [4.78, 5) is 12.7. The third kappa shape index (κ3) is 5.45. The van der Waals surface area contributed by atoms with E-state index in [9.17, 15) is 4.79 Å². The Hall–Kier alpha value is -2.61. The molecule has 0 radical (unpaired) electrons. The number of nitrogens with one attached hydrogen (secondary N) is 2. The van der Waals surface area contributed by atoms with Gasteiger partial charge in [-0.05, 0) is 31.2 Å². The first-order chi connectivity index (χ1) is 13.2. The van der Waals surface area contributed by atoms with Gasteiger partial charge in [-0.1, -0.05) is 18.2 Å². The summed E-state index contributed by atoms with van der Waals surface area (Å²) >= 11 is 0. The van der Waals surface area contributed by atoms with E-state index in [1.54, 1.807) is 18.0 Å². The zero-order valence-electron chi connectivity index (χ0n) is 16.0. The van der Waals surface area contributed by atoms with Gasteiger partial charge in [0.2, 0.25) is 0 Å². The molecule has 8 heteroatoms. The lowest BCUT2D eigenvalue weighted by atomic mass is 10.2. The number of ether oxygens (including phenoxy) is 1. The van der Waals surface area contributed by atoms with E-state index in [-0.39, 0.29) is 18.3 Å². The number of nitrogens with zero attached hydrogens (tertiary/aromatic N) is 2. The van der Waals surface area contributed by atoms with Crippen molar-refractivity contribution in [3.63, 3.8) is 0 Å². The van der Waals surface area contributed by atoms with E-state index < -0.39 is 0 Å². The van der Waals surface area contributed by atoms with Crippen LogP contribution in [0.25, 0.3) is 17.1 Å². The van der Waals surface area contributed by atoms with Crippen molar-refractivity contribution >= 4 is 18.3 Å². The molecule has 0 saturated heterocycles. The molecule has 2 N–H and O–H groups in total. The lowest BCUT2D eigenvalue weighted by Crippen LogP contribution is -2.33. The molecule has 0 saturated carbocycles. The van der Waals surface area contributed by atoms with Gasteiger partial charge >= 0.3 is 0 Å². The number of carbonyl (C=O) groups is 1. The molecule has 1 aromatic carbocycles. The molecule has 0 spiro atoms. The van der Waals surface area contributed by atoms with Crippen LogP contribution in [0.3, 0.4) is 0 Å². The summed E-state index contributed by atoms with van der Waals surface area (Å²) in [6.45, 7) is 4.42. The molecule has 2 heterocycles. The summed E-state index contributed by atoms with van der Waals surface area (Å²) in [6, 6.07) is 13.4. The second-order valence-corrected chi connectivity index (χ2v) is 6.08. The lowest BCUT2D eigenvalue weighted by Gasteiger charge is -2.06. The molecule has 0 aliphatic carbocycles. The first-order valence-electron chi connectivity index (χ1n) is 8.89. The maximum atomic E-state index is 12.7. The molecular formula is C20H25ClN4O3. The number of rotatable bonds is 9. The number of hydrogen-bond donors (Lipinski definition) is 2. The molecule has 1 amide bonds. The van der Waals surface area contributed by atoms with Crippen molar-refractivity contribution in [3.8, 4) is 17.1 Å². The number of carbonyl (C=O) groups excluding carboxylic acids is 1. The Morgan fingerprint density at radius 1 is 1.14 bits per heavy atom. The normalized spacial score (nSPS) is 10.5. The van der Waals surface area contributed by atoms with E-state index in [1.807, 2.05) is 49.4 Å². The van der Waals surface area contributed by atoms with Crippen LogP contribution < -0.4 is 10.6 Å². The van der Waals surface area contributed by atoms with E-state index in [0.29, 0.717) is 36.7 Å². The summed E-state index contributed by atoms with van der Waals surface area (Å²) in [5.41, 5.74) is 1.88. The van der Waals surface area contributed by atoms with Crippen LogP contribution in [0.15, 0.2) is 53.1 Å². The summed E-state index contributed by atoms with van der Waals surface area (Å²) in [6.07, 6.45) is 1.73. The van der Waals surface area contributed by atoms with Gasteiger partial charge < -0.3 is 19.8 Å². The van der Waals surface area contributed by atoms with Crippen molar-refractivity contribution in [1.82, 2.24) is 20.4 Å². The highest BCUT2D eigenvalue weighted by Crippen LogP contribution is 2.25. The third-order valence-electron chi connectivity index (χ3n) is 4.02. The minimum absolute atomic E-state index is 0. The predicted molar refractivity (Wildman–Crippen MR) is 110 cm³/mol. The Morgan fingerprint density at radius 2 is 1.93 bits per heavy atom. The van der Waals surface area contributed by atoms with Crippen LogP contribution in [0, 0.1) is 6.92 Å². The summed E-state index contributed by atoms with van der Waals surface area (Å²) in [5.74, 6) is 1.16. The number of hydrogen-bond acceptors (Lipinski definition) is 5. The largest absolute Gasteiger partial charge is 0.460 e. The average Bonchev–Trinajstić information content (AvgIpc) is 3.31. The van der Waals surface area contributed by atoms with Crippen LogP contribution in [0.2, 0.25) is 0 Å². The summed E-state index contributed by atoms with van der Waals surface area (Å²) in [7, 11) is 1.66. The van der Waals surface area contributed by atoms with Gasteiger partial charge in [0.1, 0.15) is 11.5 Å². The van der Waals surface area contributed by atoms with Crippen molar-refractivity contribution in [2.45, 2.75) is 6.92 Å². The number of aromatic nitrogens is 2. The Labute approximate surface area is 170 Å². The number of amides is 1. The molecule has 0 aliphatic rings. The van der Waals surface area contributed by atoms with E-state index in [0.717, 1.165) is 18.0 Å². The van der Waals surface area contributed by atoms with Crippen LogP contribution in [0.5, 0.6) is 0 Å². The van der Waals surface area contributed by atoms with E-state index >= 15 is 0 Å². The standard InChI is InChI=1S/C20H24N4O3.ClH/c1-15-8-9-18(27-15)19-17(20(25)22-11-10-21-12-13-26-2)14-24(23-19)16-6-4-3-5-7-16;/h3-9,14,21H,10-13H2,1-2H3,(H,22,25);1H. The molecule has 150 valence electrons. The third-order valence-corrected chi connectivity index (χ3v) is 4.02. The minimum Gasteiger partial charge on any atom is -0.460 e. The highest BCUT2D eigenvalue weighted by Gasteiger charge is 2.20. The van der Waals surface area contributed by atoms with E-state index in [1.165, 1.54) is 0 Å². The molecule has 0 aliphatic heterocycles. The van der Waals surface area contributed by atoms with Gasteiger partial charge in [-0.25, -0.2) is 4.68 Å². The molecular weight excluding hydrogens is 380 g/mol. The molecule has 7 nitrogen and oxygen atoms in total. The zero-order chi connectivity index (χ0) is 19.1. The number of aryl methyl sites for hydroxylation is 1. The van der Waals surface area contributed by atoms with Crippen LogP contribution in [0.4, 0.5) is 0 Å². The summed E-state index contributed by atoms with van der Waals surface area (Å²) in [5, 5.41) is 10.7. The van der Waals surface area contributed by atoms with Gasteiger partial charge in [0.05, 0.1) is 17.9 Å². The van der Waals surface area contributed by atoms with Crippen molar-refractivity contribution in [1.29, 1.82) is 0 Å². The van der Waals surface area contributed by atoms with Crippen LogP contribution in [-0.4, -0.2) is 49.0 Å². The molecule has 28 heavy (non-hydrogen) atoms. The molecule has 3 rings (SSSR count). The van der Waals surface area contributed by atoms with Crippen molar-refractivity contribution in [2.75, 3.05) is 33.4 Å². The molecule has 0 bridgehead atoms. The highest BCUT2D eigenvalue weighted by molar-refractivity contribution is 5.99. The quantitative estimate of drug-likeness (QED) is 0.536. The fraction of sp³-hybridized carbons (Fsp3) is 0.300. The van der Waals surface area contributed by atoms with Gasteiger partial charge in [0, 0.05) is 32.9 Å². The van der Waals surface area contributed by atoms with Crippen molar-refractivity contribution in [2.24, 2.45) is 0 Å². The summed E-state index contributed by atoms with van der Waals surface area (Å²) < 4.78 is 12.4. The van der Waals surface area contributed by atoms with Gasteiger partial charge in [-0.2, -0.15) is 5.10 Å². The van der Waals surface area contributed by atoms with E-state index in [4.69, 9.17) is 9.15 Å². The zero-order valence-corrected chi connectivity index (χ0v) is 16.8. The van der Waals surface area contributed by atoms with Gasteiger partial charge in [-0.15, -0.1) is 12.4 Å². The van der Waals surface area contributed by atoms with Gasteiger partial charge in [0.15, 0.2) is 5.76 Å². The molecule has 2 aromatic heterocycles. The number of furan rings is 1. The molecule has 3 aromatic rings. The minimum atomic E-state index is -0.185. The molecule has 0 fully saturated rings. The number of benzene rings is 1. The average molecular weight is 405 g/mol. The maximum Gasteiger partial charge on any atom is 0.255 e. The van der Waals surface area contributed by atoms with Gasteiger partial charge in [-0.3, -0.25) is 4.79 Å². The predicted octanol–water partition coefficient (Wildman–Crippen LogP) is 2.83. The van der Waals surface area contributed by atoms with Gasteiger partial charge in [0.25, 0.3) is 5.91 Å². The first kappa shape index (κ1) is 21.7. The second-order valence-electron chi connectivity index (χ2n) is 6.08. The fourth-order valence-electron chi connectivity index (χ4n) is 2.66. The van der Waals surface area contributed by atoms with Crippen molar-refractivity contribution < 1.29 is 13.9 Å². The van der Waals surface area contributed by atoms with Crippen LogP contribution in [-0.2, 0) is 4.74 Å². The van der Waals surface area contributed by atoms with E-state index in [2.05, 4.69) is 15.7 Å². The Kier molecular flexibility index (Phi) is 8.25. The monoisotopic (exact) mass is 404 g/mol. The van der Waals surface area contributed by atoms with Crippen LogP contribution >= 0.6 is 12.4 Å². The molecule has 0 unspecified atom stereocenters. The fourth-order valence-corrected chi connectivity index (χ4v) is 2.66. The maximum absolute atomic E-state index is 12.7. The topological polar surface area (TPSA) is 81.3 Å². The molecule has 0 atom stereocenters. The number of para-hydroxylation sites is 1. The number of halogens is 1.